The normalized spacial score (nSPS) is 20.7. The number of nitrogens with one attached hydrogen (secondary N) is 2. The first-order valence-corrected chi connectivity index (χ1v) is 6.44. The van der Waals surface area contributed by atoms with Crippen LogP contribution >= 0.6 is 0 Å². The Morgan fingerprint density at radius 1 is 1.47 bits per heavy atom. The predicted molar refractivity (Wildman–Crippen MR) is 67.5 cm³/mol. The molecule has 0 saturated heterocycles. The van der Waals surface area contributed by atoms with Gasteiger partial charge in [-0.3, -0.25) is 4.79 Å². The van der Waals surface area contributed by atoms with E-state index in [-0.39, 0.29) is 24.1 Å². The molecule has 0 spiro atoms. The molecule has 5 heteroatoms. The lowest BCUT2D eigenvalue weighted by atomic mass is 10.1. The number of amides is 1. The summed E-state index contributed by atoms with van der Waals surface area (Å²) >= 11 is 0. The van der Waals surface area contributed by atoms with Gasteiger partial charge in [0.25, 0.3) is 0 Å². The number of hydrogen-bond donors (Lipinski definition) is 4. The Morgan fingerprint density at radius 2 is 2.12 bits per heavy atom. The zero-order valence-corrected chi connectivity index (χ0v) is 10.8. The maximum absolute atomic E-state index is 11.6. The largest absolute Gasteiger partial charge is 0.393 e. The highest BCUT2D eigenvalue weighted by atomic mass is 16.3. The Balaban J connectivity index is 2.23. The zero-order valence-electron chi connectivity index (χ0n) is 10.8. The van der Waals surface area contributed by atoms with Crippen LogP contribution in [0.5, 0.6) is 0 Å². The number of aliphatic hydroxyl groups is 1. The fourth-order valence-corrected chi connectivity index (χ4v) is 1.93. The Hall–Kier alpha value is -0.650. The maximum Gasteiger partial charge on any atom is 0.221 e. The van der Waals surface area contributed by atoms with Gasteiger partial charge in [0.2, 0.25) is 5.91 Å². The van der Waals surface area contributed by atoms with E-state index in [2.05, 4.69) is 10.6 Å². The summed E-state index contributed by atoms with van der Waals surface area (Å²) in [6, 6.07) is 0.551. The van der Waals surface area contributed by atoms with Crippen molar-refractivity contribution >= 4 is 5.91 Å². The number of rotatable bonds is 8. The molecule has 0 aliphatic heterocycles. The average Bonchev–Trinajstić information content (AvgIpc) is 2.99. The first-order chi connectivity index (χ1) is 8.01. The molecule has 0 aromatic rings. The smallest absolute Gasteiger partial charge is 0.221 e. The fourth-order valence-electron chi connectivity index (χ4n) is 1.93. The van der Waals surface area contributed by atoms with Gasteiger partial charge in [-0.05, 0) is 33.1 Å². The topological polar surface area (TPSA) is 87.4 Å². The maximum atomic E-state index is 11.6. The molecule has 0 heterocycles. The first kappa shape index (κ1) is 14.4. The summed E-state index contributed by atoms with van der Waals surface area (Å²) < 4.78 is 0. The highest BCUT2D eigenvalue weighted by Gasteiger charge is 2.24. The minimum absolute atomic E-state index is 0.0116. The number of aliphatic hydroxyl groups excluding tert-OH is 1. The third-order valence-corrected chi connectivity index (χ3v) is 2.87. The van der Waals surface area contributed by atoms with Gasteiger partial charge in [-0.25, -0.2) is 0 Å². The summed E-state index contributed by atoms with van der Waals surface area (Å²) in [4.78, 5) is 11.6. The molecule has 1 aliphatic carbocycles. The van der Waals surface area contributed by atoms with Crippen molar-refractivity contribution in [3.05, 3.63) is 0 Å². The fraction of sp³-hybridized carbons (Fsp3) is 0.917. The zero-order chi connectivity index (χ0) is 12.8. The van der Waals surface area contributed by atoms with E-state index < -0.39 is 0 Å². The average molecular weight is 243 g/mol. The van der Waals surface area contributed by atoms with Crippen LogP contribution in [0.25, 0.3) is 0 Å². The van der Waals surface area contributed by atoms with Gasteiger partial charge >= 0.3 is 0 Å². The van der Waals surface area contributed by atoms with Crippen molar-refractivity contribution in [1.29, 1.82) is 0 Å². The highest BCUT2D eigenvalue weighted by molar-refractivity contribution is 5.77. The molecular weight excluding hydrogens is 218 g/mol. The van der Waals surface area contributed by atoms with Gasteiger partial charge in [-0.15, -0.1) is 0 Å². The van der Waals surface area contributed by atoms with Gasteiger partial charge in [0, 0.05) is 31.1 Å². The van der Waals surface area contributed by atoms with Crippen LogP contribution in [0.4, 0.5) is 0 Å². The van der Waals surface area contributed by atoms with Crippen molar-refractivity contribution < 1.29 is 9.90 Å². The quantitative estimate of drug-likeness (QED) is 0.473. The molecule has 5 nitrogen and oxygen atoms in total. The minimum Gasteiger partial charge on any atom is -0.393 e. The third kappa shape index (κ3) is 6.61. The van der Waals surface area contributed by atoms with Crippen molar-refractivity contribution in [3.63, 3.8) is 0 Å². The van der Waals surface area contributed by atoms with Gasteiger partial charge in [-0.2, -0.15) is 0 Å². The molecule has 0 bridgehead atoms. The summed E-state index contributed by atoms with van der Waals surface area (Å²) in [5.74, 6) is 0.0692. The molecule has 1 aliphatic rings. The highest BCUT2D eigenvalue weighted by Crippen LogP contribution is 2.18. The molecule has 1 saturated carbocycles. The molecule has 1 rings (SSSR count). The van der Waals surface area contributed by atoms with Crippen LogP contribution in [0.15, 0.2) is 0 Å². The van der Waals surface area contributed by atoms with Crippen molar-refractivity contribution in [2.24, 2.45) is 5.73 Å². The number of hydrogen-bond acceptors (Lipinski definition) is 4. The standard InChI is InChI=1S/C12H25N3O2/c1-8(5-9(2)16)14-11(7-13)6-12(17)15-10-3-4-10/h8-11,14,16H,3-7,13H2,1-2H3,(H,15,17). The van der Waals surface area contributed by atoms with E-state index in [9.17, 15) is 9.90 Å². The summed E-state index contributed by atoms with van der Waals surface area (Å²) in [5.41, 5.74) is 5.64. The van der Waals surface area contributed by atoms with Crippen molar-refractivity contribution in [3.8, 4) is 0 Å². The van der Waals surface area contributed by atoms with Crippen LogP contribution < -0.4 is 16.4 Å². The van der Waals surface area contributed by atoms with Gasteiger partial charge < -0.3 is 21.5 Å². The van der Waals surface area contributed by atoms with E-state index in [1.54, 1.807) is 6.92 Å². The number of carbonyl (C=O) groups is 1. The first-order valence-electron chi connectivity index (χ1n) is 6.44. The van der Waals surface area contributed by atoms with E-state index in [1.807, 2.05) is 6.92 Å². The van der Waals surface area contributed by atoms with Crippen molar-refractivity contribution in [2.75, 3.05) is 6.54 Å². The predicted octanol–water partition coefficient (Wildman–Crippen LogP) is -0.269. The number of nitrogens with two attached hydrogens (primary N) is 1. The lowest BCUT2D eigenvalue weighted by Crippen LogP contribution is -2.45. The summed E-state index contributed by atoms with van der Waals surface area (Å²) in [6.45, 7) is 4.19. The minimum atomic E-state index is -0.337. The summed E-state index contributed by atoms with van der Waals surface area (Å²) in [5, 5.41) is 15.5. The Kier molecular flexibility index (Phi) is 5.88. The second-order valence-corrected chi connectivity index (χ2v) is 5.13. The second-order valence-electron chi connectivity index (χ2n) is 5.13. The van der Waals surface area contributed by atoms with Crippen LogP contribution in [-0.4, -0.2) is 41.8 Å². The Morgan fingerprint density at radius 3 is 2.59 bits per heavy atom. The SMILES string of the molecule is CC(O)CC(C)NC(CN)CC(=O)NC1CC1. The summed E-state index contributed by atoms with van der Waals surface area (Å²) in [7, 11) is 0. The lowest BCUT2D eigenvalue weighted by molar-refractivity contribution is -0.121. The Labute approximate surface area is 103 Å². The number of carbonyl (C=O) groups excluding carboxylic acids is 1. The Bertz CT molecular complexity index is 242. The molecule has 1 fully saturated rings. The third-order valence-electron chi connectivity index (χ3n) is 2.87. The molecular formula is C12H25N3O2. The van der Waals surface area contributed by atoms with Gasteiger partial charge in [0.15, 0.2) is 0 Å². The van der Waals surface area contributed by atoms with Crippen LogP contribution in [0.2, 0.25) is 0 Å². The monoisotopic (exact) mass is 243 g/mol. The van der Waals surface area contributed by atoms with Gasteiger partial charge in [-0.1, -0.05) is 0 Å². The molecule has 0 aromatic carbocycles. The molecule has 5 N–H and O–H groups in total. The van der Waals surface area contributed by atoms with Gasteiger partial charge in [0.1, 0.15) is 0 Å². The molecule has 17 heavy (non-hydrogen) atoms. The molecule has 100 valence electrons. The molecule has 0 radical (unpaired) electrons. The van der Waals surface area contributed by atoms with E-state index in [0.717, 1.165) is 12.8 Å². The molecule has 3 atom stereocenters. The van der Waals surface area contributed by atoms with E-state index in [1.165, 1.54) is 0 Å². The van der Waals surface area contributed by atoms with Gasteiger partial charge in [0.05, 0.1) is 6.10 Å². The van der Waals surface area contributed by atoms with E-state index >= 15 is 0 Å². The van der Waals surface area contributed by atoms with Crippen molar-refractivity contribution in [1.82, 2.24) is 10.6 Å². The lowest BCUT2D eigenvalue weighted by Gasteiger charge is -2.22. The summed E-state index contributed by atoms with van der Waals surface area (Å²) in [6.07, 6.45) is 2.95. The molecule has 0 aromatic heterocycles. The van der Waals surface area contributed by atoms with Crippen LogP contribution in [0.1, 0.15) is 39.5 Å². The van der Waals surface area contributed by atoms with Crippen LogP contribution in [-0.2, 0) is 4.79 Å². The van der Waals surface area contributed by atoms with Crippen molar-refractivity contribution in [2.45, 2.75) is 63.8 Å². The van der Waals surface area contributed by atoms with Crippen LogP contribution in [0.3, 0.4) is 0 Å². The second kappa shape index (κ2) is 6.93. The van der Waals surface area contributed by atoms with E-state index in [4.69, 9.17) is 5.73 Å². The van der Waals surface area contributed by atoms with E-state index in [0.29, 0.717) is 25.4 Å². The molecule has 3 unspecified atom stereocenters. The molecule has 1 amide bonds. The van der Waals surface area contributed by atoms with Crippen LogP contribution in [0, 0.1) is 0 Å².